The molecular formula is C18H24N2. The van der Waals surface area contributed by atoms with Crippen LogP contribution < -0.4 is 5.73 Å². The lowest BCUT2D eigenvalue weighted by atomic mass is 9.81. The summed E-state index contributed by atoms with van der Waals surface area (Å²) in [5, 5.41) is 2.48. The van der Waals surface area contributed by atoms with Crippen LogP contribution in [-0.4, -0.2) is 4.98 Å². The molecule has 1 aliphatic rings. The highest BCUT2D eigenvalue weighted by atomic mass is 14.7. The van der Waals surface area contributed by atoms with Crippen LogP contribution in [0.3, 0.4) is 0 Å². The van der Waals surface area contributed by atoms with Gasteiger partial charge in [0, 0.05) is 23.3 Å². The number of rotatable bonds is 2. The van der Waals surface area contributed by atoms with Crippen molar-refractivity contribution in [1.29, 1.82) is 0 Å². The highest BCUT2D eigenvalue weighted by molar-refractivity contribution is 5.85. The summed E-state index contributed by atoms with van der Waals surface area (Å²) >= 11 is 0. The first kappa shape index (κ1) is 13.6. The van der Waals surface area contributed by atoms with Gasteiger partial charge in [0.25, 0.3) is 0 Å². The fraction of sp³-hybridized carbons (Fsp3) is 0.500. The highest BCUT2D eigenvalue weighted by Gasteiger charge is 2.31. The number of pyridine rings is 1. The Morgan fingerprint density at radius 3 is 3.00 bits per heavy atom. The number of fused-ring (bicyclic) bond motifs is 1. The zero-order valence-electron chi connectivity index (χ0n) is 12.3. The van der Waals surface area contributed by atoms with E-state index in [1.807, 2.05) is 12.4 Å². The molecule has 2 heteroatoms. The molecule has 0 amide bonds. The monoisotopic (exact) mass is 268 g/mol. The van der Waals surface area contributed by atoms with E-state index in [9.17, 15) is 0 Å². The Balaban J connectivity index is 2.01. The molecule has 3 rings (SSSR count). The van der Waals surface area contributed by atoms with Gasteiger partial charge in [-0.15, -0.1) is 0 Å². The maximum absolute atomic E-state index is 6.84. The number of hydrogen-bond acceptors (Lipinski definition) is 2. The van der Waals surface area contributed by atoms with Gasteiger partial charge in [-0.25, -0.2) is 0 Å². The number of aromatic nitrogens is 1. The van der Waals surface area contributed by atoms with Crippen molar-refractivity contribution in [2.75, 3.05) is 0 Å². The third-order valence-electron chi connectivity index (χ3n) is 5.03. The van der Waals surface area contributed by atoms with Crippen molar-refractivity contribution in [3.63, 3.8) is 0 Å². The van der Waals surface area contributed by atoms with Crippen molar-refractivity contribution in [3.8, 4) is 0 Å². The van der Waals surface area contributed by atoms with E-state index < -0.39 is 0 Å². The van der Waals surface area contributed by atoms with Gasteiger partial charge in [0.15, 0.2) is 0 Å². The van der Waals surface area contributed by atoms with Crippen LogP contribution in [0.4, 0.5) is 0 Å². The first-order chi connectivity index (χ1) is 9.73. The Bertz CT molecular complexity index is 587. The Labute approximate surface area is 121 Å². The van der Waals surface area contributed by atoms with Gasteiger partial charge < -0.3 is 5.73 Å². The Hall–Kier alpha value is -1.41. The first-order valence-corrected chi connectivity index (χ1v) is 7.85. The van der Waals surface area contributed by atoms with Gasteiger partial charge in [0.2, 0.25) is 0 Å². The number of nitrogens with zero attached hydrogens (tertiary/aromatic N) is 1. The Kier molecular flexibility index (Phi) is 3.75. The van der Waals surface area contributed by atoms with E-state index in [2.05, 4.69) is 36.2 Å². The van der Waals surface area contributed by atoms with Gasteiger partial charge in [0.05, 0.1) is 0 Å². The Morgan fingerprint density at radius 1 is 1.25 bits per heavy atom. The van der Waals surface area contributed by atoms with Crippen LogP contribution in [0.25, 0.3) is 10.8 Å². The van der Waals surface area contributed by atoms with E-state index in [1.54, 1.807) is 0 Å². The maximum atomic E-state index is 6.84. The van der Waals surface area contributed by atoms with E-state index in [1.165, 1.54) is 42.0 Å². The molecule has 1 aromatic heterocycles. The molecule has 1 aromatic carbocycles. The van der Waals surface area contributed by atoms with Crippen LogP contribution >= 0.6 is 0 Å². The normalized spacial score (nSPS) is 27.4. The van der Waals surface area contributed by atoms with Crippen molar-refractivity contribution < 1.29 is 0 Å². The van der Waals surface area contributed by atoms with E-state index in [0.29, 0.717) is 0 Å². The Morgan fingerprint density at radius 2 is 2.15 bits per heavy atom. The van der Waals surface area contributed by atoms with Crippen molar-refractivity contribution >= 4 is 10.8 Å². The third-order valence-corrected chi connectivity index (χ3v) is 5.03. The molecule has 0 radical (unpaired) electrons. The largest absolute Gasteiger partial charge is 0.321 e. The smallest absolute Gasteiger partial charge is 0.0416 e. The second kappa shape index (κ2) is 5.53. The number of benzene rings is 1. The predicted octanol–water partition coefficient (Wildman–Crippen LogP) is 4.38. The van der Waals surface area contributed by atoms with Gasteiger partial charge in [-0.3, -0.25) is 4.98 Å². The number of nitrogens with two attached hydrogens (primary N) is 1. The standard InChI is InChI=1S/C18H24N2/c1-2-14-5-4-10-18(19,11-8-14)17-7-3-6-15-9-12-20-13-16(15)17/h3,6-7,9,12-14H,2,4-5,8,10-11,19H2,1H3. The van der Waals surface area contributed by atoms with Gasteiger partial charge in [-0.1, -0.05) is 44.4 Å². The van der Waals surface area contributed by atoms with Gasteiger partial charge in [-0.05, 0) is 42.2 Å². The summed E-state index contributed by atoms with van der Waals surface area (Å²) in [5.41, 5.74) is 7.95. The lowest BCUT2D eigenvalue weighted by molar-refractivity contribution is 0.374. The molecular weight excluding hydrogens is 244 g/mol. The van der Waals surface area contributed by atoms with Crippen molar-refractivity contribution in [1.82, 2.24) is 4.98 Å². The number of hydrogen-bond donors (Lipinski definition) is 1. The van der Waals surface area contributed by atoms with E-state index in [4.69, 9.17) is 5.73 Å². The molecule has 0 aliphatic heterocycles. The average Bonchev–Trinajstić information content (AvgIpc) is 2.69. The molecule has 2 unspecified atom stereocenters. The molecule has 0 spiro atoms. The lowest BCUT2D eigenvalue weighted by Crippen LogP contribution is -2.36. The van der Waals surface area contributed by atoms with Crippen molar-refractivity contribution in [2.24, 2.45) is 11.7 Å². The summed E-state index contributed by atoms with van der Waals surface area (Å²) in [6, 6.07) is 8.56. The maximum Gasteiger partial charge on any atom is 0.0416 e. The average molecular weight is 268 g/mol. The molecule has 20 heavy (non-hydrogen) atoms. The molecule has 106 valence electrons. The fourth-order valence-electron chi connectivity index (χ4n) is 3.66. The fourth-order valence-corrected chi connectivity index (χ4v) is 3.66. The summed E-state index contributed by atoms with van der Waals surface area (Å²) < 4.78 is 0. The molecule has 2 aromatic rings. The van der Waals surface area contributed by atoms with Crippen LogP contribution in [0.1, 0.15) is 51.0 Å². The zero-order chi connectivity index (χ0) is 14.0. The summed E-state index contributed by atoms with van der Waals surface area (Å²) in [7, 11) is 0. The predicted molar refractivity (Wildman–Crippen MR) is 84.5 cm³/mol. The molecule has 1 saturated carbocycles. The summed E-state index contributed by atoms with van der Waals surface area (Å²) in [4.78, 5) is 4.30. The topological polar surface area (TPSA) is 38.9 Å². The van der Waals surface area contributed by atoms with Gasteiger partial charge >= 0.3 is 0 Å². The minimum atomic E-state index is -0.174. The summed E-state index contributed by atoms with van der Waals surface area (Å²) in [5.74, 6) is 0.855. The minimum Gasteiger partial charge on any atom is -0.321 e. The minimum absolute atomic E-state index is 0.174. The van der Waals surface area contributed by atoms with Crippen LogP contribution in [0.5, 0.6) is 0 Å². The summed E-state index contributed by atoms with van der Waals surface area (Å²) in [6.07, 6.45) is 11.1. The molecule has 0 bridgehead atoms. The van der Waals surface area contributed by atoms with E-state index in [-0.39, 0.29) is 5.54 Å². The van der Waals surface area contributed by atoms with Crippen LogP contribution in [0.2, 0.25) is 0 Å². The van der Waals surface area contributed by atoms with Gasteiger partial charge in [-0.2, -0.15) is 0 Å². The molecule has 1 heterocycles. The second-order valence-corrected chi connectivity index (χ2v) is 6.26. The lowest BCUT2D eigenvalue weighted by Gasteiger charge is -2.30. The second-order valence-electron chi connectivity index (χ2n) is 6.26. The van der Waals surface area contributed by atoms with Crippen LogP contribution in [0.15, 0.2) is 36.7 Å². The third kappa shape index (κ3) is 2.45. The molecule has 1 fully saturated rings. The quantitative estimate of drug-likeness (QED) is 0.821. The van der Waals surface area contributed by atoms with E-state index in [0.717, 1.165) is 18.8 Å². The molecule has 2 atom stereocenters. The molecule has 2 N–H and O–H groups in total. The zero-order valence-corrected chi connectivity index (χ0v) is 12.3. The van der Waals surface area contributed by atoms with E-state index >= 15 is 0 Å². The van der Waals surface area contributed by atoms with Crippen LogP contribution in [0, 0.1) is 5.92 Å². The SMILES string of the molecule is CCC1CCCC(N)(c2cccc3ccncc23)CC1. The summed E-state index contributed by atoms with van der Waals surface area (Å²) in [6.45, 7) is 2.30. The van der Waals surface area contributed by atoms with Gasteiger partial charge in [0.1, 0.15) is 0 Å². The highest BCUT2D eigenvalue weighted by Crippen LogP contribution is 2.39. The van der Waals surface area contributed by atoms with Crippen LogP contribution in [-0.2, 0) is 5.54 Å². The van der Waals surface area contributed by atoms with Crippen molar-refractivity contribution in [2.45, 2.75) is 51.0 Å². The molecule has 1 aliphatic carbocycles. The van der Waals surface area contributed by atoms with Crippen molar-refractivity contribution in [3.05, 3.63) is 42.2 Å². The first-order valence-electron chi connectivity index (χ1n) is 7.85. The molecule has 0 saturated heterocycles. The molecule has 2 nitrogen and oxygen atoms in total.